The van der Waals surface area contributed by atoms with E-state index < -0.39 is 0 Å². The predicted molar refractivity (Wildman–Crippen MR) is 66.1 cm³/mol. The first kappa shape index (κ1) is 10.4. The molecular weight excluding hydrogens is 285 g/mol. The molecule has 0 N–H and O–H groups in total. The molecule has 0 amide bonds. The molecule has 0 aliphatic carbocycles. The lowest BCUT2D eigenvalue weighted by atomic mass is 10.2. The van der Waals surface area contributed by atoms with E-state index >= 15 is 0 Å². The Morgan fingerprint density at radius 3 is 2.94 bits per heavy atom. The number of hydrogen-bond donors (Lipinski definition) is 0. The third kappa shape index (κ3) is 1.82. The molecule has 84 valence electrons. The van der Waals surface area contributed by atoms with Crippen molar-refractivity contribution in [3.63, 3.8) is 0 Å². The van der Waals surface area contributed by atoms with Crippen LogP contribution in [0.4, 0.5) is 4.39 Å². The molecule has 0 aliphatic rings. The molecule has 0 radical (unpaired) electrons. The number of imidazole rings is 1. The lowest BCUT2D eigenvalue weighted by molar-refractivity contribution is 0.627. The smallest absolute Gasteiger partial charge is 0.155 e. The first-order valence-electron chi connectivity index (χ1n) is 4.98. The Labute approximate surface area is 105 Å². The van der Waals surface area contributed by atoms with Gasteiger partial charge in [-0.3, -0.25) is 4.98 Å². The molecule has 5 heteroatoms. The molecule has 17 heavy (non-hydrogen) atoms. The first-order valence-corrected chi connectivity index (χ1v) is 5.77. The largest absolute Gasteiger partial charge is 0.304 e. The van der Waals surface area contributed by atoms with Crippen molar-refractivity contribution in [2.45, 2.75) is 0 Å². The minimum Gasteiger partial charge on any atom is -0.304 e. The van der Waals surface area contributed by atoms with Gasteiger partial charge >= 0.3 is 0 Å². The standard InChI is InChI=1S/C12H7BrFN3/c13-10-5-8(14)1-2-9(10)11-7-17-4-3-15-6-12(17)16-11/h1-7H. The van der Waals surface area contributed by atoms with Crippen LogP contribution in [0.25, 0.3) is 16.9 Å². The summed E-state index contributed by atoms with van der Waals surface area (Å²) in [5, 5.41) is 0. The molecule has 0 fully saturated rings. The molecule has 3 rings (SSSR count). The Kier molecular flexibility index (Phi) is 2.40. The van der Waals surface area contributed by atoms with Crippen LogP contribution in [0.3, 0.4) is 0 Å². The zero-order valence-corrected chi connectivity index (χ0v) is 10.2. The van der Waals surface area contributed by atoms with Crippen molar-refractivity contribution in [3.05, 3.63) is 53.3 Å². The fraction of sp³-hybridized carbons (Fsp3) is 0. The SMILES string of the molecule is Fc1ccc(-c2cn3ccncc3n2)c(Br)c1. The highest BCUT2D eigenvalue weighted by Crippen LogP contribution is 2.28. The van der Waals surface area contributed by atoms with E-state index in [4.69, 9.17) is 0 Å². The topological polar surface area (TPSA) is 30.2 Å². The monoisotopic (exact) mass is 291 g/mol. The van der Waals surface area contributed by atoms with Crippen molar-refractivity contribution < 1.29 is 4.39 Å². The Bertz CT molecular complexity index is 660. The maximum Gasteiger partial charge on any atom is 0.155 e. The van der Waals surface area contributed by atoms with Gasteiger partial charge in [-0.05, 0) is 34.1 Å². The molecule has 0 aliphatic heterocycles. The van der Waals surface area contributed by atoms with Gasteiger partial charge in [0.25, 0.3) is 0 Å². The molecule has 0 saturated heterocycles. The summed E-state index contributed by atoms with van der Waals surface area (Å²) in [6.45, 7) is 0. The molecule has 2 heterocycles. The number of fused-ring (bicyclic) bond motifs is 1. The van der Waals surface area contributed by atoms with Gasteiger partial charge in [0.15, 0.2) is 5.65 Å². The second-order valence-corrected chi connectivity index (χ2v) is 4.45. The summed E-state index contributed by atoms with van der Waals surface area (Å²) in [4.78, 5) is 8.42. The molecule has 0 bridgehead atoms. The maximum absolute atomic E-state index is 13.0. The Hall–Kier alpha value is -1.75. The molecule has 0 spiro atoms. The fourth-order valence-electron chi connectivity index (χ4n) is 1.67. The van der Waals surface area contributed by atoms with E-state index in [1.807, 2.05) is 16.8 Å². The summed E-state index contributed by atoms with van der Waals surface area (Å²) >= 11 is 3.34. The van der Waals surface area contributed by atoms with Crippen LogP contribution in [0.15, 0.2) is 47.5 Å². The minimum absolute atomic E-state index is 0.272. The average molecular weight is 292 g/mol. The summed E-state index contributed by atoms with van der Waals surface area (Å²) in [7, 11) is 0. The number of aromatic nitrogens is 3. The lowest BCUT2D eigenvalue weighted by Crippen LogP contribution is -1.81. The van der Waals surface area contributed by atoms with E-state index in [1.54, 1.807) is 18.5 Å². The lowest BCUT2D eigenvalue weighted by Gasteiger charge is -1.99. The molecule has 3 aromatic rings. The molecular formula is C12H7BrFN3. The number of benzene rings is 1. The molecule has 0 saturated carbocycles. The highest BCUT2D eigenvalue weighted by Gasteiger charge is 2.08. The first-order chi connectivity index (χ1) is 8.24. The van der Waals surface area contributed by atoms with Crippen LogP contribution >= 0.6 is 15.9 Å². The molecule has 1 aromatic carbocycles. The van der Waals surface area contributed by atoms with Crippen LogP contribution in [0, 0.1) is 5.82 Å². The van der Waals surface area contributed by atoms with Gasteiger partial charge in [0, 0.05) is 28.6 Å². The van der Waals surface area contributed by atoms with Gasteiger partial charge in [-0.25, -0.2) is 9.37 Å². The van der Waals surface area contributed by atoms with Crippen LogP contribution in [-0.4, -0.2) is 14.4 Å². The van der Waals surface area contributed by atoms with Crippen LogP contribution in [0.1, 0.15) is 0 Å². The van der Waals surface area contributed by atoms with Crippen LogP contribution in [0.5, 0.6) is 0 Å². The van der Waals surface area contributed by atoms with Crippen molar-refractivity contribution in [1.82, 2.24) is 14.4 Å². The highest BCUT2D eigenvalue weighted by molar-refractivity contribution is 9.10. The van der Waals surface area contributed by atoms with Crippen LogP contribution in [-0.2, 0) is 0 Å². The van der Waals surface area contributed by atoms with Gasteiger partial charge in [-0.1, -0.05) is 0 Å². The average Bonchev–Trinajstić information content (AvgIpc) is 2.72. The van der Waals surface area contributed by atoms with Crippen molar-refractivity contribution in [2.75, 3.05) is 0 Å². The molecule has 2 aromatic heterocycles. The minimum atomic E-state index is -0.272. The molecule has 0 atom stereocenters. The summed E-state index contributed by atoms with van der Waals surface area (Å²) in [6, 6.07) is 4.55. The number of halogens is 2. The third-order valence-electron chi connectivity index (χ3n) is 2.47. The second kappa shape index (κ2) is 3.92. The zero-order valence-electron chi connectivity index (χ0n) is 8.64. The Balaban J connectivity index is 2.20. The van der Waals surface area contributed by atoms with Crippen LogP contribution in [0.2, 0.25) is 0 Å². The summed E-state index contributed by atoms with van der Waals surface area (Å²) in [5.41, 5.74) is 2.40. The van der Waals surface area contributed by atoms with Gasteiger partial charge in [0.05, 0.1) is 11.9 Å². The van der Waals surface area contributed by atoms with Gasteiger partial charge < -0.3 is 4.40 Å². The third-order valence-corrected chi connectivity index (χ3v) is 3.13. The number of hydrogen-bond acceptors (Lipinski definition) is 2. The predicted octanol–water partition coefficient (Wildman–Crippen LogP) is 3.30. The molecule has 0 unspecified atom stereocenters. The Morgan fingerprint density at radius 1 is 1.29 bits per heavy atom. The van der Waals surface area contributed by atoms with Crippen molar-refractivity contribution in [2.24, 2.45) is 0 Å². The van der Waals surface area contributed by atoms with Gasteiger partial charge in [-0.2, -0.15) is 0 Å². The zero-order chi connectivity index (χ0) is 11.8. The normalized spacial score (nSPS) is 10.9. The summed E-state index contributed by atoms with van der Waals surface area (Å²) in [6.07, 6.45) is 7.08. The van der Waals surface area contributed by atoms with Gasteiger partial charge in [0.2, 0.25) is 0 Å². The van der Waals surface area contributed by atoms with Crippen molar-refractivity contribution in [1.29, 1.82) is 0 Å². The number of rotatable bonds is 1. The van der Waals surface area contributed by atoms with E-state index in [2.05, 4.69) is 25.9 Å². The van der Waals surface area contributed by atoms with E-state index in [9.17, 15) is 4.39 Å². The van der Waals surface area contributed by atoms with E-state index in [1.165, 1.54) is 12.1 Å². The quantitative estimate of drug-likeness (QED) is 0.689. The summed E-state index contributed by atoms with van der Waals surface area (Å²) < 4.78 is 15.6. The second-order valence-electron chi connectivity index (χ2n) is 3.59. The van der Waals surface area contributed by atoms with Crippen molar-refractivity contribution in [3.8, 4) is 11.3 Å². The van der Waals surface area contributed by atoms with E-state index in [0.717, 1.165) is 16.9 Å². The van der Waals surface area contributed by atoms with Gasteiger partial charge in [-0.15, -0.1) is 0 Å². The highest BCUT2D eigenvalue weighted by atomic mass is 79.9. The van der Waals surface area contributed by atoms with E-state index in [-0.39, 0.29) is 5.82 Å². The maximum atomic E-state index is 13.0. The molecule has 3 nitrogen and oxygen atoms in total. The van der Waals surface area contributed by atoms with Crippen molar-refractivity contribution >= 4 is 21.6 Å². The number of nitrogens with zero attached hydrogens (tertiary/aromatic N) is 3. The fourth-order valence-corrected chi connectivity index (χ4v) is 2.22. The summed E-state index contributed by atoms with van der Waals surface area (Å²) in [5.74, 6) is -0.272. The van der Waals surface area contributed by atoms with Crippen LogP contribution < -0.4 is 0 Å². The Morgan fingerprint density at radius 2 is 2.18 bits per heavy atom. The van der Waals surface area contributed by atoms with Gasteiger partial charge in [0.1, 0.15) is 5.82 Å². The van der Waals surface area contributed by atoms with E-state index in [0.29, 0.717) is 4.47 Å².